The summed E-state index contributed by atoms with van der Waals surface area (Å²) in [4.78, 5) is 38.1. The Morgan fingerprint density at radius 3 is 0.836 bits per heavy atom. The highest BCUT2D eigenvalue weighted by Gasteiger charge is 2.19. The molecule has 73 heavy (non-hydrogen) atoms. The standard InChI is InChI=1S/C67H122O6/c1-4-7-10-13-16-19-22-24-26-27-28-29-30-31-32-33-34-35-36-37-38-39-41-42-45-48-51-54-57-60-66(69)72-63-64(62-71-65(68)59-56-53-50-47-44-21-18-15-12-9-6-3)73-67(70)61-58-55-52-49-46-43-40-25-23-20-17-14-11-8-5-2/h8,11,17,20,25,40,46,49,64H,4-7,9-10,12-16,18-19,21-24,26-39,41-45,47-48,50-63H2,1-3H3/b11-8-,20-17-,40-25-,49-46-. The molecule has 1 atom stereocenters. The molecule has 0 aromatic carbocycles. The van der Waals surface area contributed by atoms with Gasteiger partial charge in [-0.2, -0.15) is 0 Å². The lowest BCUT2D eigenvalue weighted by atomic mass is 10.0. The Hall–Kier alpha value is -2.63. The summed E-state index contributed by atoms with van der Waals surface area (Å²) < 4.78 is 16.8. The van der Waals surface area contributed by atoms with Crippen LogP contribution in [0.15, 0.2) is 48.6 Å². The summed E-state index contributed by atoms with van der Waals surface area (Å²) in [6.07, 6.45) is 77.2. The van der Waals surface area contributed by atoms with Crippen molar-refractivity contribution in [3.8, 4) is 0 Å². The van der Waals surface area contributed by atoms with Crippen molar-refractivity contribution in [3.63, 3.8) is 0 Å². The normalized spacial score (nSPS) is 12.3. The lowest BCUT2D eigenvalue weighted by molar-refractivity contribution is -0.167. The van der Waals surface area contributed by atoms with Crippen LogP contribution >= 0.6 is 0 Å². The Bertz CT molecular complexity index is 1270. The molecule has 0 saturated heterocycles. The largest absolute Gasteiger partial charge is 0.462 e. The molecule has 0 rings (SSSR count). The molecule has 1 unspecified atom stereocenters. The molecule has 0 bridgehead atoms. The fourth-order valence-corrected chi connectivity index (χ4v) is 9.56. The Labute approximate surface area is 454 Å². The van der Waals surface area contributed by atoms with E-state index in [1.54, 1.807) is 0 Å². The first kappa shape index (κ1) is 70.4. The van der Waals surface area contributed by atoms with Crippen LogP contribution in [0.25, 0.3) is 0 Å². The number of unbranched alkanes of at least 4 members (excludes halogenated alkanes) is 40. The summed E-state index contributed by atoms with van der Waals surface area (Å²) in [7, 11) is 0. The minimum Gasteiger partial charge on any atom is -0.462 e. The fourth-order valence-electron chi connectivity index (χ4n) is 9.56. The fraction of sp³-hybridized carbons (Fsp3) is 0.836. The maximum Gasteiger partial charge on any atom is 0.306 e. The first-order valence-corrected chi connectivity index (χ1v) is 32.1. The smallest absolute Gasteiger partial charge is 0.306 e. The summed E-state index contributed by atoms with van der Waals surface area (Å²) in [6, 6.07) is 0. The molecule has 0 radical (unpaired) electrons. The monoisotopic (exact) mass is 1020 g/mol. The topological polar surface area (TPSA) is 78.9 Å². The summed E-state index contributed by atoms with van der Waals surface area (Å²) >= 11 is 0. The minimum atomic E-state index is -0.791. The second-order valence-corrected chi connectivity index (χ2v) is 21.7. The number of rotatable bonds is 59. The maximum absolute atomic E-state index is 12.8. The third-order valence-electron chi connectivity index (χ3n) is 14.3. The SMILES string of the molecule is CC/C=C\C/C=C\C/C=C\C/C=C\CCCCC(=O)OC(COC(=O)CCCCCCCCCCCCC)COC(=O)CCCCCCCCCCCCCCCCCCCCCCCCCCCCCCC. The van der Waals surface area contributed by atoms with Crippen LogP contribution in [0.3, 0.4) is 0 Å². The Kier molecular flexibility index (Phi) is 59.7. The van der Waals surface area contributed by atoms with Gasteiger partial charge in [-0.1, -0.05) is 313 Å². The van der Waals surface area contributed by atoms with E-state index in [1.807, 2.05) is 0 Å². The second kappa shape index (κ2) is 61.9. The lowest BCUT2D eigenvalue weighted by Gasteiger charge is -2.18. The molecule has 0 aliphatic rings. The van der Waals surface area contributed by atoms with E-state index in [1.165, 1.54) is 218 Å². The zero-order valence-corrected chi connectivity index (χ0v) is 48.9. The first-order valence-electron chi connectivity index (χ1n) is 32.1. The van der Waals surface area contributed by atoms with Gasteiger partial charge >= 0.3 is 17.9 Å². The number of carbonyl (C=O) groups is 3. The van der Waals surface area contributed by atoms with Crippen LogP contribution in [0.5, 0.6) is 0 Å². The Balaban J connectivity index is 4.14. The predicted octanol–water partition coefficient (Wildman–Crippen LogP) is 21.8. The van der Waals surface area contributed by atoms with Gasteiger partial charge in [-0.3, -0.25) is 14.4 Å². The Morgan fingerprint density at radius 1 is 0.288 bits per heavy atom. The number of hydrogen-bond donors (Lipinski definition) is 0. The molecule has 0 heterocycles. The molecule has 0 aliphatic carbocycles. The third-order valence-corrected chi connectivity index (χ3v) is 14.3. The molecule has 0 fully saturated rings. The number of hydrogen-bond acceptors (Lipinski definition) is 6. The van der Waals surface area contributed by atoms with Crippen molar-refractivity contribution in [2.24, 2.45) is 0 Å². The second-order valence-electron chi connectivity index (χ2n) is 21.7. The van der Waals surface area contributed by atoms with Gasteiger partial charge in [0.2, 0.25) is 0 Å². The van der Waals surface area contributed by atoms with Gasteiger partial charge in [-0.15, -0.1) is 0 Å². The molecule has 426 valence electrons. The van der Waals surface area contributed by atoms with Gasteiger partial charge in [0.15, 0.2) is 6.10 Å². The maximum atomic E-state index is 12.8. The van der Waals surface area contributed by atoms with Gasteiger partial charge < -0.3 is 14.2 Å². The van der Waals surface area contributed by atoms with Crippen molar-refractivity contribution < 1.29 is 28.6 Å². The molecule has 0 saturated carbocycles. The zero-order valence-electron chi connectivity index (χ0n) is 48.9. The molecule has 0 aliphatic heterocycles. The van der Waals surface area contributed by atoms with Crippen LogP contribution in [-0.4, -0.2) is 37.2 Å². The van der Waals surface area contributed by atoms with Gasteiger partial charge in [0.1, 0.15) is 13.2 Å². The zero-order chi connectivity index (χ0) is 52.9. The van der Waals surface area contributed by atoms with Crippen LogP contribution in [0.4, 0.5) is 0 Å². The summed E-state index contributed by atoms with van der Waals surface area (Å²) in [6.45, 7) is 6.53. The van der Waals surface area contributed by atoms with Gasteiger partial charge in [-0.05, 0) is 57.8 Å². The van der Waals surface area contributed by atoms with E-state index >= 15 is 0 Å². The average molecular weight is 1020 g/mol. The highest BCUT2D eigenvalue weighted by atomic mass is 16.6. The third kappa shape index (κ3) is 60.1. The van der Waals surface area contributed by atoms with E-state index in [-0.39, 0.29) is 37.5 Å². The molecule has 0 amide bonds. The summed E-state index contributed by atoms with van der Waals surface area (Å²) in [5.74, 6) is -0.910. The van der Waals surface area contributed by atoms with E-state index in [4.69, 9.17) is 14.2 Å². The van der Waals surface area contributed by atoms with E-state index in [0.29, 0.717) is 19.3 Å². The molecule has 0 aromatic heterocycles. The van der Waals surface area contributed by atoms with Crippen molar-refractivity contribution in [1.82, 2.24) is 0 Å². The number of ether oxygens (including phenoxy) is 3. The minimum absolute atomic E-state index is 0.0855. The van der Waals surface area contributed by atoms with E-state index < -0.39 is 6.10 Å². The lowest BCUT2D eigenvalue weighted by Crippen LogP contribution is -2.30. The van der Waals surface area contributed by atoms with Gasteiger partial charge in [-0.25, -0.2) is 0 Å². The number of carbonyl (C=O) groups excluding carboxylic acids is 3. The van der Waals surface area contributed by atoms with Crippen molar-refractivity contribution in [3.05, 3.63) is 48.6 Å². The molecular formula is C67H122O6. The molecular weight excluding hydrogens is 901 g/mol. The van der Waals surface area contributed by atoms with Crippen LogP contribution in [0, 0.1) is 0 Å². The van der Waals surface area contributed by atoms with Crippen molar-refractivity contribution >= 4 is 17.9 Å². The highest BCUT2D eigenvalue weighted by molar-refractivity contribution is 5.71. The van der Waals surface area contributed by atoms with Crippen LogP contribution < -0.4 is 0 Å². The van der Waals surface area contributed by atoms with E-state index in [2.05, 4.69) is 69.4 Å². The molecule has 6 nitrogen and oxygen atoms in total. The summed E-state index contributed by atoms with van der Waals surface area (Å²) in [5, 5.41) is 0. The predicted molar refractivity (Wildman–Crippen MR) is 316 cm³/mol. The van der Waals surface area contributed by atoms with Gasteiger partial charge in [0.05, 0.1) is 0 Å². The van der Waals surface area contributed by atoms with Crippen LogP contribution in [0.2, 0.25) is 0 Å². The van der Waals surface area contributed by atoms with E-state index in [0.717, 1.165) is 77.0 Å². The van der Waals surface area contributed by atoms with Gasteiger partial charge in [0, 0.05) is 19.3 Å². The molecule has 0 N–H and O–H groups in total. The molecule has 0 spiro atoms. The molecule has 0 aromatic rings. The number of allylic oxidation sites excluding steroid dienone is 8. The molecule has 6 heteroatoms. The summed E-state index contributed by atoms with van der Waals surface area (Å²) in [5.41, 5.74) is 0. The van der Waals surface area contributed by atoms with E-state index in [9.17, 15) is 14.4 Å². The van der Waals surface area contributed by atoms with Crippen molar-refractivity contribution in [2.45, 2.75) is 348 Å². The van der Waals surface area contributed by atoms with Crippen molar-refractivity contribution in [1.29, 1.82) is 0 Å². The Morgan fingerprint density at radius 2 is 0.534 bits per heavy atom. The van der Waals surface area contributed by atoms with Crippen LogP contribution in [0.1, 0.15) is 342 Å². The average Bonchev–Trinajstić information content (AvgIpc) is 3.39. The van der Waals surface area contributed by atoms with Crippen LogP contribution in [-0.2, 0) is 28.6 Å². The van der Waals surface area contributed by atoms with Gasteiger partial charge in [0.25, 0.3) is 0 Å². The first-order chi connectivity index (χ1) is 36.0. The highest BCUT2D eigenvalue weighted by Crippen LogP contribution is 2.18. The quantitative estimate of drug-likeness (QED) is 0.0261. The van der Waals surface area contributed by atoms with Crippen molar-refractivity contribution in [2.75, 3.05) is 13.2 Å². The number of esters is 3.